The standard InChI is InChI=1S/C19H21N5O6/c1-18(2)5-13(26)28-15-11(7-25)30-19(8-20,16(15)29-14(27)6-18)12-4-3-10-17(21)22-9-23-24(10)12/h3-4,9,11,15-16,25H,5-7H2,1-2H3,(H2,21,22,23)/t11-,15-,16-,19+/m1/s1. The molecule has 30 heavy (non-hydrogen) atoms. The molecular formula is C19H21N5O6. The van der Waals surface area contributed by atoms with E-state index >= 15 is 0 Å². The molecule has 158 valence electrons. The van der Waals surface area contributed by atoms with Gasteiger partial charge >= 0.3 is 11.9 Å². The van der Waals surface area contributed by atoms with Gasteiger partial charge in [-0.15, -0.1) is 0 Å². The van der Waals surface area contributed by atoms with Crippen molar-refractivity contribution in [3.8, 4) is 6.07 Å². The SMILES string of the molecule is CC1(C)CC(=O)O[C@H]2[C@@H](OC(=O)C1)[C@](C#N)(c1ccc3c(N)ncnn13)O[C@@H]2CO. The molecule has 0 unspecified atom stereocenters. The number of rotatable bonds is 2. The van der Waals surface area contributed by atoms with Crippen molar-refractivity contribution in [2.45, 2.75) is 50.6 Å². The van der Waals surface area contributed by atoms with Crippen LogP contribution in [0.3, 0.4) is 0 Å². The number of aliphatic hydroxyl groups excluding tert-OH is 1. The Hall–Kier alpha value is -3.23. The van der Waals surface area contributed by atoms with E-state index in [1.54, 1.807) is 26.0 Å². The fraction of sp³-hybridized carbons (Fsp3) is 0.526. The zero-order valence-electron chi connectivity index (χ0n) is 16.4. The summed E-state index contributed by atoms with van der Waals surface area (Å²) in [5.74, 6) is -1.00. The Balaban J connectivity index is 1.87. The molecule has 0 bridgehead atoms. The van der Waals surface area contributed by atoms with Gasteiger partial charge in [-0.25, -0.2) is 9.50 Å². The predicted molar refractivity (Wildman–Crippen MR) is 99.4 cm³/mol. The quantitative estimate of drug-likeness (QED) is 0.642. The van der Waals surface area contributed by atoms with Crippen LogP contribution in [0.4, 0.5) is 5.82 Å². The van der Waals surface area contributed by atoms with Crippen LogP contribution >= 0.6 is 0 Å². The van der Waals surface area contributed by atoms with Gasteiger partial charge in [0, 0.05) is 0 Å². The molecule has 0 saturated carbocycles. The smallest absolute Gasteiger partial charge is 0.306 e. The Labute approximate surface area is 171 Å². The number of nitrogens with zero attached hydrogens (tertiary/aromatic N) is 4. The number of nitriles is 1. The van der Waals surface area contributed by atoms with Crippen molar-refractivity contribution in [1.82, 2.24) is 14.6 Å². The normalized spacial score (nSPS) is 31.1. The number of fused-ring (bicyclic) bond motifs is 2. The van der Waals surface area contributed by atoms with Crippen LogP contribution < -0.4 is 5.73 Å². The highest BCUT2D eigenvalue weighted by atomic mass is 16.6. The van der Waals surface area contributed by atoms with Gasteiger partial charge in [0.15, 0.2) is 18.0 Å². The third-order valence-electron chi connectivity index (χ3n) is 5.38. The zero-order chi connectivity index (χ0) is 21.7. The summed E-state index contributed by atoms with van der Waals surface area (Å²) in [4.78, 5) is 29.1. The van der Waals surface area contributed by atoms with Crippen LogP contribution in [0, 0.1) is 16.7 Å². The van der Waals surface area contributed by atoms with Gasteiger partial charge in [0.1, 0.15) is 24.0 Å². The van der Waals surface area contributed by atoms with Crippen molar-refractivity contribution >= 4 is 23.3 Å². The first kappa shape index (κ1) is 20.1. The van der Waals surface area contributed by atoms with Gasteiger partial charge in [0.2, 0.25) is 5.60 Å². The first-order valence-electron chi connectivity index (χ1n) is 9.38. The molecule has 0 radical (unpaired) electrons. The number of hydrogen-bond donors (Lipinski definition) is 2. The molecule has 11 nitrogen and oxygen atoms in total. The summed E-state index contributed by atoms with van der Waals surface area (Å²) in [5.41, 5.74) is 3.93. The molecule has 4 heterocycles. The number of nitrogens with two attached hydrogens (primary N) is 1. The third kappa shape index (κ3) is 3.05. The average Bonchev–Trinajstić information content (AvgIpc) is 3.22. The molecule has 2 aromatic heterocycles. The van der Waals surface area contributed by atoms with Crippen LogP contribution in [0.15, 0.2) is 18.5 Å². The van der Waals surface area contributed by atoms with Gasteiger partial charge in [-0.3, -0.25) is 9.59 Å². The molecule has 2 saturated heterocycles. The van der Waals surface area contributed by atoms with Crippen LogP contribution in [0.1, 0.15) is 32.4 Å². The second-order valence-electron chi connectivity index (χ2n) is 8.23. The first-order chi connectivity index (χ1) is 14.2. The molecule has 2 aliphatic rings. The van der Waals surface area contributed by atoms with Crippen LogP contribution in [-0.4, -0.2) is 56.6 Å². The fourth-order valence-electron chi connectivity index (χ4n) is 4.04. The van der Waals surface area contributed by atoms with Crippen LogP contribution in [0.2, 0.25) is 0 Å². The molecule has 4 rings (SSSR count). The topological polar surface area (TPSA) is 162 Å². The van der Waals surface area contributed by atoms with E-state index < -0.39 is 47.9 Å². The summed E-state index contributed by atoms with van der Waals surface area (Å²) >= 11 is 0. The molecule has 2 aliphatic heterocycles. The Morgan fingerprint density at radius 3 is 2.67 bits per heavy atom. The minimum Gasteiger partial charge on any atom is -0.455 e. The van der Waals surface area contributed by atoms with Crippen molar-refractivity contribution < 1.29 is 28.9 Å². The van der Waals surface area contributed by atoms with Crippen LogP contribution in [-0.2, 0) is 29.4 Å². The highest BCUT2D eigenvalue weighted by Gasteiger charge is 2.62. The lowest BCUT2D eigenvalue weighted by atomic mass is 9.86. The molecule has 0 amide bonds. The van der Waals surface area contributed by atoms with Gasteiger partial charge in [0.05, 0.1) is 25.1 Å². The van der Waals surface area contributed by atoms with Crippen molar-refractivity contribution in [3.63, 3.8) is 0 Å². The number of carbonyl (C=O) groups excluding carboxylic acids is 2. The van der Waals surface area contributed by atoms with Crippen LogP contribution in [0.25, 0.3) is 5.52 Å². The minimum absolute atomic E-state index is 0.0269. The van der Waals surface area contributed by atoms with E-state index in [0.717, 1.165) is 0 Å². The molecule has 0 aliphatic carbocycles. The average molecular weight is 415 g/mol. The van der Waals surface area contributed by atoms with Gasteiger partial charge < -0.3 is 25.1 Å². The summed E-state index contributed by atoms with van der Waals surface area (Å²) < 4.78 is 18.5. The van der Waals surface area contributed by atoms with E-state index in [0.29, 0.717) is 5.52 Å². The summed E-state index contributed by atoms with van der Waals surface area (Å²) in [7, 11) is 0. The van der Waals surface area contributed by atoms with Gasteiger partial charge in [0.25, 0.3) is 0 Å². The second-order valence-corrected chi connectivity index (χ2v) is 8.23. The molecular weight excluding hydrogens is 394 g/mol. The number of nitrogen functional groups attached to an aromatic ring is 1. The van der Waals surface area contributed by atoms with Crippen molar-refractivity contribution in [1.29, 1.82) is 5.26 Å². The highest BCUT2D eigenvalue weighted by molar-refractivity contribution is 5.75. The number of carbonyl (C=O) groups is 2. The predicted octanol–water partition coefficient (Wildman–Crippen LogP) is 0.0651. The number of hydrogen-bond acceptors (Lipinski definition) is 10. The Morgan fingerprint density at radius 1 is 1.30 bits per heavy atom. The molecule has 11 heteroatoms. The van der Waals surface area contributed by atoms with E-state index in [1.165, 1.54) is 10.8 Å². The third-order valence-corrected chi connectivity index (χ3v) is 5.38. The summed E-state index contributed by atoms with van der Waals surface area (Å²) in [5, 5.41) is 24.2. The number of anilines is 1. The summed E-state index contributed by atoms with van der Waals surface area (Å²) in [6.45, 7) is 2.93. The number of aromatic nitrogens is 3. The second kappa shape index (κ2) is 6.93. The first-order valence-corrected chi connectivity index (χ1v) is 9.38. The molecule has 0 spiro atoms. The Morgan fingerprint density at radius 2 is 2.00 bits per heavy atom. The molecule has 4 atom stereocenters. The number of aliphatic hydroxyl groups is 1. The highest BCUT2D eigenvalue weighted by Crippen LogP contribution is 2.44. The van der Waals surface area contributed by atoms with E-state index in [9.17, 15) is 20.0 Å². The van der Waals surface area contributed by atoms with Crippen molar-refractivity contribution in [2.24, 2.45) is 5.41 Å². The lowest BCUT2D eigenvalue weighted by molar-refractivity contribution is -0.166. The van der Waals surface area contributed by atoms with Crippen LogP contribution in [0.5, 0.6) is 0 Å². The maximum absolute atomic E-state index is 12.7. The summed E-state index contributed by atoms with van der Waals surface area (Å²) in [6.07, 6.45) is -2.45. The van der Waals surface area contributed by atoms with Crippen molar-refractivity contribution in [2.75, 3.05) is 12.3 Å². The number of ether oxygens (including phenoxy) is 3. The maximum Gasteiger partial charge on any atom is 0.306 e. The largest absolute Gasteiger partial charge is 0.455 e. The molecule has 2 aromatic rings. The Kier molecular flexibility index (Phi) is 4.63. The maximum atomic E-state index is 12.7. The van der Waals surface area contributed by atoms with Crippen molar-refractivity contribution in [3.05, 3.63) is 24.2 Å². The van der Waals surface area contributed by atoms with E-state index in [2.05, 4.69) is 16.2 Å². The monoisotopic (exact) mass is 415 g/mol. The Bertz CT molecular complexity index is 1060. The lowest BCUT2D eigenvalue weighted by Crippen LogP contribution is -2.45. The molecule has 2 fully saturated rings. The lowest BCUT2D eigenvalue weighted by Gasteiger charge is -2.28. The summed E-state index contributed by atoms with van der Waals surface area (Å²) in [6, 6.07) is 5.20. The van der Waals surface area contributed by atoms with E-state index in [4.69, 9.17) is 19.9 Å². The fourth-order valence-corrected chi connectivity index (χ4v) is 4.04. The van der Waals surface area contributed by atoms with Gasteiger partial charge in [-0.05, 0) is 17.5 Å². The number of esters is 2. The van der Waals surface area contributed by atoms with E-state index in [-0.39, 0.29) is 24.4 Å². The minimum atomic E-state index is -1.89. The molecule has 3 N–H and O–H groups in total. The van der Waals surface area contributed by atoms with Gasteiger partial charge in [-0.2, -0.15) is 10.4 Å². The molecule has 0 aromatic carbocycles. The van der Waals surface area contributed by atoms with E-state index in [1.807, 2.05) is 0 Å². The van der Waals surface area contributed by atoms with Gasteiger partial charge in [-0.1, -0.05) is 13.8 Å². The zero-order valence-corrected chi connectivity index (χ0v) is 16.4.